The van der Waals surface area contributed by atoms with E-state index in [2.05, 4.69) is 22.0 Å². The van der Waals surface area contributed by atoms with Crippen molar-refractivity contribution in [2.24, 2.45) is 0 Å². The summed E-state index contributed by atoms with van der Waals surface area (Å²) in [4.78, 5) is 17.5. The van der Waals surface area contributed by atoms with Crippen LogP contribution in [0.3, 0.4) is 0 Å². The van der Waals surface area contributed by atoms with Crippen LogP contribution in [0.4, 0.5) is 4.39 Å². The number of carbonyl (C=O) groups excluding carboxylic acids is 1. The number of hydrogen-bond acceptors (Lipinski definition) is 4. The van der Waals surface area contributed by atoms with Gasteiger partial charge in [0, 0.05) is 43.8 Å². The van der Waals surface area contributed by atoms with Crippen molar-refractivity contribution in [3.8, 4) is 0 Å². The molecule has 1 saturated heterocycles. The first-order valence-corrected chi connectivity index (χ1v) is 10.1. The van der Waals surface area contributed by atoms with E-state index in [1.165, 1.54) is 44.2 Å². The predicted molar refractivity (Wildman–Crippen MR) is 103 cm³/mol. The maximum absolute atomic E-state index is 13.0. The van der Waals surface area contributed by atoms with E-state index < -0.39 is 0 Å². The molecule has 1 saturated carbocycles. The van der Waals surface area contributed by atoms with Gasteiger partial charge in [0.2, 0.25) is 0 Å². The van der Waals surface area contributed by atoms with Crippen LogP contribution in [-0.4, -0.2) is 66.9 Å². The molecule has 2 fully saturated rings. The second-order valence-electron chi connectivity index (χ2n) is 7.74. The zero-order valence-electron chi connectivity index (χ0n) is 16.0. The number of hydrogen-bond donors (Lipinski definition) is 1. The molecule has 1 aromatic carbocycles. The topological polar surface area (TPSA) is 35.6 Å². The second-order valence-corrected chi connectivity index (χ2v) is 7.74. The van der Waals surface area contributed by atoms with Crippen molar-refractivity contribution < 1.29 is 9.18 Å². The van der Waals surface area contributed by atoms with Crippen molar-refractivity contribution in [2.75, 3.05) is 45.8 Å². The summed E-state index contributed by atoms with van der Waals surface area (Å²) < 4.78 is 13.0. The summed E-state index contributed by atoms with van der Waals surface area (Å²) in [6.45, 7) is 9.09. The van der Waals surface area contributed by atoms with Gasteiger partial charge in [0.05, 0.1) is 6.54 Å². The monoisotopic (exact) mass is 361 g/mol. The molecule has 1 aliphatic heterocycles. The summed E-state index contributed by atoms with van der Waals surface area (Å²) in [7, 11) is 0. The molecule has 2 aliphatic rings. The van der Waals surface area contributed by atoms with Crippen molar-refractivity contribution in [3.63, 3.8) is 0 Å². The molecule has 3 rings (SSSR count). The lowest BCUT2D eigenvalue weighted by molar-refractivity contribution is 0.00929. The number of halogens is 1. The summed E-state index contributed by atoms with van der Waals surface area (Å²) in [5.74, 6) is -0.270. The molecule has 0 bridgehead atoms. The lowest BCUT2D eigenvalue weighted by atomic mass is 9.79. The molecule has 1 N–H and O–H groups in total. The number of nitrogens with zero attached hydrogens (tertiary/aromatic N) is 2. The highest BCUT2D eigenvalue weighted by molar-refractivity contribution is 5.97. The molecule has 0 radical (unpaired) electrons. The molecule has 1 aromatic rings. The zero-order valence-corrected chi connectivity index (χ0v) is 16.0. The van der Waals surface area contributed by atoms with Gasteiger partial charge in [-0.25, -0.2) is 4.39 Å². The maximum atomic E-state index is 13.0. The summed E-state index contributed by atoms with van der Waals surface area (Å²) >= 11 is 0. The smallest absolute Gasteiger partial charge is 0.176 e. The summed E-state index contributed by atoms with van der Waals surface area (Å²) in [5, 5.41) is 3.43. The van der Waals surface area contributed by atoms with Crippen LogP contribution in [0.15, 0.2) is 24.3 Å². The van der Waals surface area contributed by atoms with Crippen molar-refractivity contribution >= 4 is 5.78 Å². The first-order valence-electron chi connectivity index (χ1n) is 10.1. The Morgan fingerprint density at radius 2 is 1.73 bits per heavy atom. The maximum Gasteiger partial charge on any atom is 0.176 e. The fraction of sp³-hybridized carbons (Fsp3) is 0.667. The quantitative estimate of drug-likeness (QED) is 0.758. The number of ketones is 1. The van der Waals surface area contributed by atoms with Crippen LogP contribution in [-0.2, 0) is 0 Å². The third-order valence-electron chi connectivity index (χ3n) is 6.18. The number of Topliss-reactive ketones (excluding diaryl/α,β-unsaturated/α-hetero) is 1. The highest BCUT2D eigenvalue weighted by Gasteiger charge is 2.38. The third-order valence-corrected chi connectivity index (χ3v) is 6.18. The molecule has 0 spiro atoms. The number of rotatable bonds is 7. The average molecular weight is 362 g/mol. The Labute approximate surface area is 156 Å². The standard InChI is InChI=1S/C21H32FN3O/c1-2-24-12-14-25(15-13-24)21(10-4-3-5-11-21)17-23-16-20(26)18-6-8-19(22)9-7-18/h6-9,23H,2-5,10-17H2,1H3. The van der Waals surface area contributed by atoms with E-state index in [-0.39, 0.29) is 17.1 Å². The van der Waals surface area contributed by atoms with Crippen molar-refractivity contribution in [2.45, 2.75) is 44.6 Å². The van der Waals surface area contributed by atoms with E-state index >= 15 is 0 Å². The Bertz CT molecular complexity index is 575. The van der Waals surface area contributed by atoms with Crippen LogP contribution in [0.1, 0.15) is 49.4 Å². The lowest BCUT2D eigenvalue weighted by Gasteiger charge is -2.50. The molecular formula is C21H32FN3O. The first kappa shape index (κ1) is 19.5. The molecule has 1 aliphatic carbocycles. The molecule has 0 aromatic heterocycles. The molecule has 0 unspecified atom stereocenters. The average Bonchev–Trinajstić information content (AvgIpc) is 2.69. The van der Waals surface area contributed by atoms with E-state index in [1.54, 1.807) is 12.1 Å². The van der Waals surface area contributed by atoms with Crippen molar-refractivity contribution in [3.05, 3.63) is 35.6 Å². The minimum atomic E-state index is -0.304. The Balaban J connectivity index is 1.56. The van der Waals surface area contributed by atoms with Crippen LogP contribution in [0.25, 0.3) is 0 Å². The van der Waals surface area contributed by atoms with E-state index in [4.69, 9.17) is 0 Å². The molecule has 0 amide bonds. The van der Waals surface area contributed by atoms with Gasteiger partial charge >= 0.3 is 0 Å². The summed E-state index contributed by atoms with van der Waals surface area (Å²) in [6.07, 6.45) is 6.32. The van der Waals surface area contributed by atoms with Gasteiger partial charge in [0.1, 0.15) is 5.82 Å². The van der Waals surface area contributed by atoms with Gasteiger partial charge in [0.25, 0.3) is 0 Å². The normalized spacial score (nSPS) is 21.6. The molecule has 144 valence electrons. The number of nitrogens with one attached hydrogen (secondary N) is 1. The van der Waals surface area contributed by atoms with Crippen LogP contribution in [0.2, 0.25) is 0 Å². The van der Waals surface area contributed by atoms with Gasteiger partial charge in [-0.3, -0.25) is 9.69 Å². The minimum absolute atomic E-state index is 0.0340. The highest BCUT2D eigenvalue weighted by atomic mass is 19.1. The van der Waals surface area contributed by atoms with Crippen LogP contribution in [0.5, 0.6) is 0 Å². The highest BCUT2D eigenvalue weighted by Crippen LogP contribution is 2.34. The van der Waals surface area contributed by atoms with Crippen molar-refractivity contribution in [1.29, 1.82) is 0 Å². The minimum Gasteiger partial charge on any atom is -0.308 e. The molecule has 4 nitrogen and oxygen atoms in total. The van der Waals surface area contributed by atoms with Crippen LogP contribution < -0.4 is 5.32 Å². The lowest BCUT2D eigenvalue weighted by Crippen LogP contribution is -2.61. The fourth-order valence-corrected chi connectivity index (χ4v) is 4.50. The largest absolute Gasteiger partial charge is 0.308 e. The van der Waals surface area contributed by atoms with Gasteiger partial charge in [-0.15, -0.1) is 0 Å². The molecular weight excluding hydrogens is 329 g/mol. The number of benzene rings is 1. The first-order chi connectivity index (χ1) is 12.6. The van der Waals surface area contributed by atoms with Crippen LogP contribution >= 0.6 is 0 Å². The Kier molecular flexibility index (Phi) is 6.79. The van der Waals surface area contributed by atoms with Gasteiger partial charge in [-0.1, -0.05) is 26.2 Å². The molecule has 1 heterocycles. The second kappa shape index (κ2) is 9.07. The Morgan fingerprint density at radius 3 is 2.35 bits per heavy atom. The van der Waals surface area contributed by atoms with Crippen molar-refractivity contribution in [1.82, 2.24) is 15.1 Å². The number of likely N-dealkylation sites (N-methyl/N-ethyl adjacent to an activating group) is 1. The summed E-state index contributed by atoms with van der Waals surface area (Å²) in [6, 6.07) is 5.84. The van der Waals surface area contributed by atoms with Gasteiger partial charge in [-0.05, 0) is 43.7 Å². The van der Waals surface area contributed by atoms with Crippen LogP contribution in [0, 0.1) is 5.82 Å². The Hall–Kier alpha value is -1.30. The summed E-state index contributed by atoms with van der Waals surface area (Å²) in [5.41, 5.74) is 0.773. The van der Waals surface area contributed by atoms with E-state index in [1.807, 2.05) is 0 Å². The fourth-order valence-electron chi connectivity index (χ4n) is 4.50. The number of piperazine rings is 1. The SMILES string of the molecule is CCN1CCN(C2(CNCC(=O)c3ccc(F)cc3)CCCCC2)CC1. The molecule has 26 heavy (non-hydrogen) atoms. The number of carbonyl (C=O) groups is 1. The van der Waals surface area contributed by atoms with Gasteiger partial charge in [-0.2, -0.15) is 0 Å². The Morgan fingerprint density at radius 1 is 1.08 bits per heavy atom. The van der Waals surface area contributed by atoms with E-state index in [0.29, 0.717) is 12.1 Å². The molecule has 5 heteroatoms. The zero-order chi connectivity index (χ0) is 18.4. The predicted octanol–water partition coefficient (Wildman–Crippen LogP) is 2.94. The van der Waals surface area contributed by atoms with Gasteiger partial charge in [0.15, 0.2) is 5.78 Å². The van der Waals surface area contributed by atoms with E-state index in [9.17, 15) is 9.18 Å². The van der Waals surface area contributed by atoms with Gasteiger partial charge < -0.3 is 10.2 Å². The molecule has 0 atom stereocenters. The van der Waals surface area contributed by atoms with E-state index in [0.717, 1.165) is 39.3 Å². The third kappa shape index (κ3) is 4.70.